The van der Waals surface area contributed by atoms with E-state index in [1.54, 1.807) is 11.3 Å². The number of thiazole rings is 1. The van der Waals surface area contributed by atoms with Crippen LogP contribution in [0.4, 0.5) is 0 Å². The summed E-state index contributed by atoms with van der Waals surface area (Å²) >= 11 is 1.72. The molecule has 3 rings (SSSR count). The third-order valence-electron chi connectivity index (χ3n) is 3.37. The second-order valence-corrected chi connectivity index (χ2v) is 6.34. The van der Waals surface area contributed by atoms with Gasteiger partial charge in [0.05, 0.1) is 6.54 Å². The fourth-order valence-electron chi connectivity index (χ4n) is 2.49. The van der Waals surface area contributed by atoms with Crippen molar-refractivity contribution in [3.05, 3.63) is 52.1 Å². The zero-order valence-electron chi connectivity index (χ0n) is 11.8. The first-order chi connectivity index (χ1) is 9.61. The Morgan fingerprint density at radius 3 is 2.90 bits per heavy atom. The van der Waals surface area contributed by atoms with Crippen LogP contribution in [-0.2, 0) is 13.0 Å². The van der Waals surface area contributed by atoms with E-state index in [1.807, 2.05) is 13.8 Å². The second-order valence-electron chi connectivity index (χ2n) is 5.40. The summed E-state index contributed by atoms with van der Waals surface area (Å²) in [7, 11) is 0. The van der Waals surface area contributed by atoms with Crippen LogP contribution in [-0.4, -0.2) is 15.6 Å². The van der Waals surface area contributed by atoms with E-state index in [2.05, 4.69) is 45.4 Å². The van der Waals surface area contributed by atoms with Gasteiger partial charge in [-0.25, -0.2) is 4.98 Å². The summed E-state index contributed by atoms with van der Waals surface area (Å²) in [5.74, 6) is 0. The van der Waals surface area contributed by atoms with Gasteiger partial charge < -0.3 is 10.3 Å². The van der Waals surface area contributed by atoms with Gasteiger partial charge in [0.2, 0.25) is 0 Å². The lowest BCUT2D eigenvalue weighted by Crippen LogP contribution is -2.17. The Hall–Kier alpha value is -1.65. The predicted octanol–water partition coefficient (Wildman–Crippen LogP) is 3.34. The standard InChI is InChI=1S/C16H19N3S/c1-11(17)7-13-3-4-14-5-6-19(15(14)8-13)9-16-18-12(2)10-20-16/h3-6,8,10-11H,7,9,17H2,1-2H3. The molecule has 2 N–H and O–H groups in total. The quantitative estimate of drug-likeness (QED) is 0.799. The van der Waals surface area contributed by atoms with E-state index in [-0.39, 0.29) is 6.04 Å². The maximum Gasteiger partial charge on any atom is 0.113 e. The first-order valence-electron chi connectivity index (χ1n) is 6.86. The molecule has 0 aliphatic rings. The number of fused-ring (bicyclic) bond motifs is 1. The average Bonchev–Trinajstić information content (AvgIpc) is 2.97. The molecule has 0 saturated heterocycles. The van der Waals surface area contributed by atoms with Gasteiger partial charge >= 0.3 is 0 Å². The maximum atomic E-state index is 5.89. The number of nitrogens with zero attached hydrogens (tertiary/aromatic N) is 2. The molecule has 1 aromatic carbocycles. The highest BCUT2D eigenvalue weighted by atomic mass is 32.1. The van der Waals surface area contributed by atoms with Crippen LogP contribution in [0.2, 0.25) is 0 Å². The molecule has 0 bridgehead atoms. The molecule has 104 valence electrons. The molecule has 0 aliphatic carbocycles. The zero-order chi connectivity index (χ0) is 14.1. The molecular formula is C16H19N3S. The third kappa shape index (κ3) is 2.76. The van der Waals surface area contributed by atoms with Crippen LogP contribution in [0.1, 0.15) is 23.2 Å². The highest BCUT2D eigenvalue weighted by molar-refractivity contribution is 7.09. The van der Waals surface area contributed by atoms with Crippen molar-refractivity contribution in [1.29, 1.82) is 0 Å². The number of nitrogens with two attached hydrogens (primary N) is 1. The second kappa shape index (κ2) is 5.38. The maximum absolute atomic E-state index is 5.89. The van der Waals surface area contributed by atoms with Crippen molar-refractivity contribution < 1.29 is 0 Å². The van der Waals surface area contributed by atoms with E-state index >= 15 is 0 Å². The summed E-state index contributed by atoms with van der Waals surface area (Å²) in [5.41, 5.74) is 9.54. The van der Waals surface area contributed by atoms with Gasteiger partial charge in [-0.1, -0.05) is 12.1 Å². The van der Waals surface area contributed by atoms with Crippen molar-refractivity contribution in [2.45, 2.75) is 32.9 Å². The Morgan fingerprint density at radius 2 is 2.20 bits per heavy atom. The van der Waals surface area contributed by atoms with Gasteiger partial charge in [0.1, 0.15) is 5.01 Å². The van der Waals surface area contributed by atoms with Crippen LogP contribution in [0.25, 0.3) is 10.9 Å². The molecule has 2 heterocycles. The molecular weight excluding hydrogens is 266 g/mol. The van der Waals surface area contributed by atoms with Crippen molar-refractivity contribution >= 4 is 22.2 Å². The number of rotatable bonds is 4. The number of benzene rings is 1. The molecule has 2 aromatic heterocycles. The largest absolute Gasteiger partial charge is 0.341 e. The molecule has 0 saturated carbocycles. The lowest BCUT2D eigenvalue weighted by atomic mass is 10.1. The highest BCUT2D eigenvalue weighted by Gasteiger charge is 2.06. The van der Waals surface area contributed by atoms with Crippen LogP contribution in [0.3, 0.4) is 0 Å². The monoisotopic (exact) mass is 285 g/mol. The normalized spacial score (nSPS) is 12.9. The Bertz CT molecular complexity index is 724. The van der Waals surface area contributed by atoms with Crippen molar-refractivity contribution in [2.24, 2.45) is 5.73 Å². The van der Waals surface area contributed by atoms with E-state index in [0.717, 1.165) is 23.7 Å². The fourth-order valence-corrected chi connectivity index (χ4v) is 3.26. The van der Waals surface area contributed by atoms with E-state index in [1.165, 1.54) is 16.5 Å². The summed E-state index contributed by atoms with van der Waals surface area (Å²) in [6, 6.07) is 8.95. The molecule has 0 aliphatic heterocycles. The molecule has 0 fully saturated rings. The summed E-state index contributed by atoms with van der Waals surface area (Å²) < 4.78 is 2.26. The van der Waals surface area contributed by atoms with Crippen molar-refractivity contribution in [1.82, 2.24) is 9.55 Å². The van der Waals surface area contributed by atoms with Gasteiger partial charge in [-0.15, -0.1) is 11.3 Å². The van der Waals surface area contributed by atoms with Gasteiger partial charge in [0.25, 0.3) is 0 Å². The Morgan fingerprint density at radius 1 is 1.35 bits per heavy atom. The zero-order valence-corrected chi connectivity index (χ0v) is 12.7. The van der Waals surface area contributed by atoms with Crippen LogP contribution >= 0.6 is 11.3 Å². The fraction of sp³-hybridized carbons (Fsp3) is 0.312. The molecule has 3 nitrogen and oxygen atoms in total. The van der Waals surface area contributed by atoms with E-state index in [9.17, 15) is 0 Å². The minimum atomic E-state index is 0.192. The van der Waals surface area contributed by atoms with Gasteiger partial charge in [-0.05, 0) is 43.4 Å². The van der Waals surface area contributed by atoms with Gasteiger partial charge in [0.15, 0.2) is 0 Å². The third-order valence-corrected chi connectivity index (χ3v) is 4.32. The van der Waals surface area contributed by atoms with E-state index in [4.69, 9.17) is 5.73 Å². The molecule has 4 heteroatoms. The predicted molar refractivity (Wildman–Crippen MR) is 85.2 cm³/mol. The first-order valence-corrected chi connectivity index (χ1v) is 7.74. The molecule has 0 radical (unpaired) electrons. The molecule has 0 spiro atoms. The highest BCUT2D eigenvalue weighted by Crippen LogP contribution is 2.20. The van der Waals surface area contributed by atoms with Crippen LogP contribution in [0.15, 0.2) is 35.8 Å². The van der Waals surface area contributed by atoms with E-state index < -0.39 is 0 Å². The Balaban J connectivity index is 1.94. The van der Waals surface area contributed by atoms with Gasteiger partial charge in [-0.2, -0.15) is 0 Å². The Labute approximate surface area is 123 Å². The minimum absolute atomic E-state index is 0.192. The molecule has 0 amide bonds. The van der Waals surface area contributed by atoms with Crippen LogP contribution < -0.4 is 5.73 Å². The summed E-state index contributed by atoms with van der Waals surface area (Å²) in [6.45, 7) is 4.92. The summed E-state index contributed by atoms with van der Waals surface area (Å²) in [5, 5.41) is 4.52. The topological polar surface area (TPSA) is 43.8 Å². The number of aromatic nitrogens is 2. The van der Waals surface area contributed by atoms with Crippen molar-refractivity contribution in [3.63, 3.8) is 0 Å². The number of aryl methyl sites for hydroxylation is 1. The molecule has 1 unspecified atom stereocenters. The average molecular weight is 285 g/mol. The van der Waals surface area contributed by atoms with Crippen LogP contribution in [0, 0.1) is 6.92 Å². The van der Waals surface area contributed by atoms with Crippen LogP contribution in [0.5, 0.6) is 0 Å². The van der Waals surface area contributed by atoms with Crippen molar-refractivity contribution in [2.75, 3.05) is 0 Å². The summed E-state index contributed by atoms with van der Waals surface area (Å²) in [6.07, 6.45) is 3.05. The summed E-state index contributed by atoms with van der Waals surface area (Å²) in [4.78, 5) is 4.54. The number of hydrogen-bond acceptors (Lipinski definition) is 3. The molecule has 1 atom stereocenters. The minimum Gasteiger partial charge on any atom is -0.341 e. The lowest BCUT2D eigenvalue weighted by Gasteiger charge is -2.07. The van der Waals surface area contributed by atoms with Gasteiger partial charge in [0, 0.05) is 28.8 Å². The molecule has 20 heavy (non-hydrogen) atoms. The lowest BCUT2D eigenvalue weighted by molar-refractivity contribution is 0.738. The van der Waals surface area contributed by atoms with E-state index in [0.29, 0.717) is 0 Å². The smallest absolute Gasteiger partial charge is 0.113 e. The Kier molecular flexibility index (Phi) is 3.59. The van der Waals surface area contributed by atoms with Gasteiger partial charge in [-0.3, -0.25) is 0 Å². The van der Waals surface area contributed by atoms with Crippen molar-refractivity contribution in [3.8, 4) is 0 Å². The SMILES string of the molecule is Cc1csc(Cn2ccc3ccc(CC(C)N)cc32)n1. The number of hydrogen-bond donors (Lipinski definition) is 1. The first kappa shape index (κ1) is 13.3. The molecule has 3 aromatic rings.